The van der Waals surface area contributed by atoms with Crippen molar-refractivity contribution in [1.82, 2.24) is 5.32 Å². The molecule has 1 atom stereocenters. The van der Waals surface area contributed by atoms with Crippen molar-refractivity contribution >= 4 is 0 Å². The third-order valence-electron chi connectivity index (χ3n) is 3.84. The van der Waals surface area contributed by atoms with Gasteiger partial charge in [0.15, 0.2) is 0 Å². The second kappa shape index (κ2) is 13.0. The second-order valence-electron chi connectivity index (χ2n) is 6.97. The lowest BCUT2D eigenvalue weighted by atomic mass is 9.91. The van der Waals surface area contributed by atoms with Crippen LogP contribution in [0.2, 0.25) is 0 Å². The van der Waals surface area contributed by atoms with Crippen LogP contribution in [0.25, 0.3) is 0 Å². The van der Waals surface area contributed by atoms with E-state index in [4.69, 9.17) is 0 Å². The van der Waals surface area contributed by atoms with Gasteiger partial charge in [-0.1, -0.05) is 79.6 Å². The van der Waals surface area contributed by atoms with Gasteiger partial charge in [0, 0.05) is 6.04 Å². The fraction of sp³-hybridized carbons (Fsp3) is 1.00. The summed E-state index contributed by atoms with van der Waals surface area (Å²) in [6.07, 6.45) is 12.8. The van der Waals surface area contributed by atoms with Crippen LogP contribution in [0.5, 0.6) is 0 Å². The number of unbranched alkanes of at least 4 members (excludes halogenated alkanes) is 6. The highest BCUT2D eigenvalue weighted by Crippen LogP contribution is 2.19. The lowest BCUT2D eigenvalue weighted by molar-refractivity contribution is 0.344. The average Bonchev–Trinajstić information content (AvgIpc) is 2.33. The van der Waals surface area contributed by atoms with Crippen LogP contribution in [0.4, 0.5) is 0 Å². The predicted octanol–water partition coefficient (Wildman–Crippen LogP) is 5.79. The molecule has 1 nitrogen and oxygen atoms in total. The van der Waals surface area contributed by atoms with Gasteiger partial charge in [0.1, 0.15) is 0 Å². The molecular formula is C18H39N. The van der Waals surface area contributed by atoms with Crippen molar-refractivity contribution in [2.45, 2.75) is 98.4 Å². The molecule has 116 valence electrons. The SMILES string of the molecule is CCCCCCCCCC(CNC(C)C)CC(C)C. The third kappa shape index (κ3) is 14.2. The van der Waals surface area contributed by atoms with Crippen molar-refractivity contribution in [3.8, 4) is 0 Å². The molecule has 0 amide bonds. The Kier molecular flexibility index (Phi) is 12.9. The molecule has 0 rings (SSSR count). The van der Waals surface area contributed by atoms with Crippen LogP contribution in [0.3, 0.4) is 0 Å². The zero-order chi connectivity index (χ0) is 14.5. The van der Waals surface area contributed by atoms with E-state index in [-0.39, 0.29) is 0 Å². The molecule has 0 radical (unpaired) electrons. The summed E-state index contributed by atoms with van der Waals surface area (Å²) in [4.78, 5) is 0. The van der Waals surface area contributed by atoms with Crippen molar-refractivity contribution in [1.29, 1.82) is 0 Å². The zero-order valence-corrected chi connectivity index (χ0v) is 14.3. The van der Waals surface area contributed by atoms with Crippen molar-refractivity contribution in [3.63, 3.8) is 0 Å². The van der Waals surface area contributed by atoms with E-state index in [0.29, 0.717) is 6.04 Å². The van der Waals surface area contributed by atoms with Gasteiger partial charge in [-0.25, -0.2) is 0 Å². The van der Waals surface area contributed by atoms with Gasteiger partial charge in [0.2, 0.25) is 0 Å². The molecule has 0 aliphatic carbocycles. The molecule has 0 aromatic heterocycles. The van der Waals surface area contributed by atoms with E-state index >= 15 is 0 Å². The van der Waals surface area contributed by atoms with Crippen LogP contribution >= 0.6 is 0 Å². The number of hydrogen-bond acceptors (Lipinski definition) is 1. The van der Waals surface area contributed by atoms with E-state index in [1.54, 1.807) is 0 Å². The molecule has 0 aliphatic heterocycles. The number of hydrogen-bond donors (Lipinski definition) is 1. The Morgan fingerprint density at radius 1 is 0.789 bits per heavy atom. The molecule has 0 bridgehead atoms. The van der Waals surface area contributed by atoms with Crippen molar-refractivity contribution in [2.24, 2.45) is 11.8 Å². The van der Waals surface area contributed by atoms with Gasteiger partial charge < -0.3 is 5.32 Å². The number of rotatable bonds is 13. The maximum Gasteiger partial charge on any atom is 0.00104 e. The van der Waals surface area contributed by atoms with E-state index in [1.807, 2.05) is 0 Å². The van der Waals surface area contributed by atoms with Gasteiger partial charge in [-0.3, -0.25) is 0 Å². The average molecular weight is 270 g/mol. The Hall–Kier alpha value is -0.0400. The quantitative estimate of drug-likeness (QED) is 0.417. The molecular weight excluding hydrogens is 230 g/mol. The summed E-state index contributed by atoms with van der Waals surface area (Å²) in [5, 5.41) is 3.62. The molecule has 0 spiro atoms. The minimum Gasteiger partial charge on any atom is -0.314 e. The summed E-state index contributed by atoms with van der Waals surface area (Å²) in [5.41, 5.74) is 0. The summed E-state index contributed by atoms with van der Waals surface area (Å²) >= 11 is 0. The Labute approximate surface area is 122 Å². The number of nitrogens with one attached hydrogen (secondary N) is 1. The molecule has 0 aliphatic rings. The van der Waals surface area contributed by atoms with Crippen molar-refractivity contribution in [2.75, 3.05) is 6.54 Å². The highest BCUT2D eigenvalue weighted by atomic mass is 14.9. The Morgan fingerprint density at radius 3 is 1.89 bits per heavy atom. The fourth-order valence-electron chi connectivity index (χ4n) is 2.76. The monoisotopic (exact) mass is 269 g/mol. The molecule has 1 N–H and O–H groups in total. The van der Waals surface area contributed by atoms with Crippen LogP contribution in [0.1, 0.15) is 92.4 Å². The zero-order valence-electron chi connectivity index (χ0n) is 14.3. The van der Waals surface area contributed by atoms with Gasteiger partial charge in [-0.05, 0) is 31.2 Å². The van der Waals surface area contributed by atoms with Gasteiger partial charge in [0.25, 0.3) is 0 Å². The smallest absolute Gasteiger partial charge is 0.00104 e. The Bertz CT molecular complexity index is 175. The lowest BCUT2D eigenvalue weighted by Crippen LogP contribution is -2.29. The predicted molar refractivity (Wildman–Crippen MR) is 88.7 cm³/mol. The van der Waals surface area contributed by atoms with E-state index in [1.165, 1.54) is 64.3 Å². The van der Waals surface area contributed by atoms with Gasteiger partial charge >= 0.3 is 0 Å². The minimum absolute atomic E-state index is 0.628. The first-order valence-electron chi connectivity index (χ1n) is 8.79. The second-order valence-corrected chi connectivity index (χ2v) is 6.97. The maximum atomic E-state index is 3.62. The van der Waals surface area contributed by atoms with E-state index in [0.717, 1.165) is 11.8 Å². The highest BCUT2D eigenvalue weighted by molar-refractivity contribution is 4.66. The van der Waals surface area contributed by atoms with E-state index in [9.17, 15) is 0 Å². The van der Waals surface area contributed by atoms with Crippen LogP contribution in [0, 0.1) is 11.8 Å². The van der Waals surface area contributed by atoms with Crippen LogP contribution < -0.4 is 5.32 Å². The molecule has 0 aromatic carbocycles. The largest absolute Gasteiger partial charge is 0.314 e. The molecule has 0 heterocycles. The van der Waals surface area contributed by atoms with Gasteiger partial charge in [-0.2, -0.15) is 0 Å². The standard InChI is InChI=1S/C18H39N/c1-6-7-8-9-10-11-12-13-18(14-16(2)3)15-19-17(4)5/h16-19H,6-15H2,1-5H3. The topological polar surface area (TPSA) is 12.0 Å². The molecule has 0 aromatic rings. The van der Waals surface area contributed by atoms with E-state index in [2.05, 4.69) is 39.9 Å². The summed E-state index contributed by atoms with van der Waals surface area (Å²) in [6.45, 7) is 12.7. The molecule has 0 saturated heterocycles. The molecule has 19 heavy (non-hydrogen) atoms. The van der Waals surface area contributed by atoms with Crippen LogP contribution in [0.15, 0.2) is 0 Å². The summed E-state index contributed by atoms with van der Waals surface area (Å²) in [7, 11) is 0. The normalized spacial score (nSPS) is 13.4. The molecule has 0 saturated carbocycles. The Morgan fingerprint density at radius 2 is 1.37 bits per heavy atom. The maximum absolute atomic E-state index is 3.62. The van der Waals surface area contributed by atoms with Crippen molar-refractivity contribution in [3.05, 3.63) is 0 Å². The minimum atomic E-state index is 0.628. The van der Waals surface area contributed by atoms with E-state index < -0.39 is 0 Å². The molecule has 0 fully saturated rings. The summed E-state index contributed by atoms with van der Waals surface area (Å²) < 4.78 is 0. The summed E-state index contributed by atoms with van der Waals surface area (Å²) in [6, 6.07) is 0.628. The first kappa shape index (κ1) is 19.0. The Balaban J connectivity index is 3.61. The first-order valence-corrected chi connectivity index (χ1v) is 8.79. The lowest BCUT2D eigenvalue weighted by Gasteiger charge is -2.21. The first-order chi connectivity index (χ1) is 9.06. The van der Waals surface area contributed by atoms with Crippen LogP contribution in [-0.2, 0) is 0 Å². The van der Waals surface area contributed by atoms with Gasteiger partial charge in [-0.15, -0.1) is 0 Å². The molecule has 1 unspecified atom stereocenters. The highest BCUT2D eigenvalue weighted by Gasteiger charge is 2.11. The van der Waals surface area contributed by atoms with Crippen LogP contribution in [-0.4, -0.2) is 12.6 Å². The van der Waals surface area contributed by atoms with Crippen molar-refractivity contribution < 1.29 is 0 Å². The third-order valence-corrected chi connectivity index (χ3v) is 3.84. The van der Waals surface area contributed by atoms with Gasteiger partial charge in [0.05, 0.1) is 0 Å². The molecule has 1 heteroatoms. The summed E-state index contributed by atoms with van der Waals surface area (Å²) in [5.74, 6) is 1.72. The fourth-order valence-corrected chi connectivity index (χ4v) is 2.76.